The quantitative estimate of drug-likeness (QED) is 0.646. The number of anilines is 1. The van der Waals surface area contributed by atoms with Crippen molar-refractivity contribution in [2.24, 2.45) is 0 Å². The average Bonchev–Trinajstić information content (AvgIpc) is 3.32. The first-order valence-electron chi connectivity index (χ1n) is 10.9. The van der Waals surface area contributed by atoms with Crippen LogP contribution in [0.2, 0.25) is 0 Å². The summed E-state index contributed by atoms with van der Waals surface area (Å²) in [6, 6.07) is 3.61. The smallest absolute Gasteiger partial charge is 0.269 e. The Morgan fingerprint density at radius 3 is 2.62 bits per heavy atom. The third-order valence-electron chi connectivity index (χ3n) is 6.47. The minimum absolute atomic E-state index is 0.175. The molecule has 0 spiro atoms. The van der Waals surface area contributed by atoms with Gasteiger partial charge in [-0.2, -0.15) is 0 Å². The molecule has 1 aliphatic heterocycles. The number of aromatic amines is 1. The van der Waals surface area contributed by atoms with E-state index in [0.29, 0.717) is 17.9 Å². The highest BCUT2D eigenvalue weighted by molar-refractivity contribution is 5.92. The van der Waals surface area contributed by atoms with Crippen LogP contribution in [0.4, 0.5) is 10.1 Å². The molecule has 32 heavy (non-hydrogen) atoms. The second-order valence-corrected chi connectivity index (χ2v) is 8.32. The Labute approximate surface area is 184 Å². The molecule has 0 saturated carbocycles. The van der Waals surface area contributed by atoms with Crippen molar-refractivity contribution in [3.63, 3.8) is 0 Å². The number of rotatable bonds is 4. The molecule has 1 amide bonds. The van der Waals surface area contributed by atoms with E-state index in [4.69, 9.17) is 0 Å². The van der Waals surface area contributed by atoms with Crippen LogP contribution in [0.3, 0.4) is 0 Å². The van der Waals surface area contributed by atoms with Crippen LogP contribution in [0, 0.1) is 5.82 Å². The molecule has 5 rings (SSSR count). The summed E-state index contributed by atoms with van der Waals surface area (Å²) in [6.45, 7) is 3.41. The van der Waals surface area contributed by atoms with Gasteiger partial charge in [0.05, 0.1) is 23.1 Å². The molecule has 0 radical (unpaired) electrons. The topological polar surface area (TPSA) is 94.2 Å². The molecule has 1 aliphatic carbocycles. The summed E-state index contributed by atoms with van der Waals surface area (Å²) in [5.74, 6) is -0.636. The second kappa shape index (κ2) is 8.31. The van der Waals surface area contributed by atoms with Gasteiger partial charge >= 0.3 is 0 Å². The van der Waals surface area contributed by atoms with Crippen LogP contribution in [0.15, 0.2) is 29.3 Å². The van der Waals surface area contributed by atoms with E-state index in [1.165, 1.54) is 0 Å². The van der Waals surface area contributed by atoms with Gasteiger partial charge in [0, 0.05) is 56.9 Å². The third kappa shape index (κ3) is 3.62. The molecule has 0 unspecified atom stereocenters. The van der Waals surface area contributed by atoms with Crippen molar-refractivity contribution in [2.45, 2.75) is 25.8 Å². The minimum atomic E-state index is -0.425. The number of nitrogens with one attached hydrogen (secondary N) is 2. The Bertz CT molecular complexity index is 1230. The minimum Gasteiger partial charge on any atom is -0.368 e. The Morgan fingerprint density at radius 2 is 1.91 bits per heavy atom. The number of hydrogen-bond acceptors (Lipinski definition) is 6. The Hall–Kier alpha value is -3.33. The maximum Gasteiger partial charge on any atom is 0.269 e. The van der Waals surface area contributed by atoms with Crippen LogP contribution in [0.1, 0.15) is 33.7 Å². The average molecular weight is 436 g/mol. The number of aromatic nitrogens is 3. The summed E-state index contributed by atoms with van der Waals surface area (Å²) < 4.78 is 15.2. The molecule has 4 heterocycles. The number of hydrogen-bond donors (Lipinski definition) is 2. The standard InChI is InChI=1S/C23H25FN6O2/c1-25-23(32)18-6-5-14(11-26-18)30-9-7-29(8-10-30)13-19-20(24)21-17(12-27-19)15-3-2-4-16(15)22(31)28-21/h5-6,11-12H,2-4,7-10,13H2,1H3,(H,25,32)(H,28,31). The van der Waals surface area contributed by atoms with Crippen LogP contribution < -0.4 is 15.8 Å². The highest BCUT2D eigenvalue weighted by atomic mass is 19.1. The van der Waals surface area contributed by atoms with Crippen LogP contribution in [-0.4, -0.2) is 59.0 Å². The molecule has 3 aromatic rings. The van der Waals surface area contributed by atoms with Gasteiger partial charge in [-0.05, 0) is 37.0 Å². The van der Waals surface area contributed by atoms with E-state index >= 15 is 4.39 Å². The predicted octanol–water partition coefficient (Wildman–Crippen LogP) is 1.63. The number of aryl methyl sites for hydroxylation is 1. The number of piperazine rings is 1. The van der Waals surface area contributed by atoms with Crippen LogP contribution in [0.25, 0.3) is 10.9 Å². The zero-order valence-electron chi connectivity index (χ0n) is 17.9. The van der Waals surface area contributed by atoms with Crippen LogP contribution >= 0.6 is 0 Å². The van der Waals surface area contributed by atoms with Gasteiger partial charge in [0.25, 0.3) is 11.5 Å². The lowest BCUT2D eigenvalue weighted by Crippen LogP contribution is -2.46. The number of pyridine rings is 3. The number of carbonyl (C=O) groups excluding carboxylic acids is 1. The van der Waals surface area contributed by atoms with Gasteiger partial charge in [0.2, 0.25) is 0 Å². The second-order valence-electron chi connectivity index (χ2n) is 8.32. The van der Waals surface area contributed by atoms with E-state index in [2.05, 4.69) is 30.1 Å². The van der Waals surface area contributed by atoms with E-state index in [1.807, 2.05) is 6.07 Å². The van der Waals surface area contributed by atoms with Gasteiger partial charge in [-0.25, -0.2) is 9.37 Å². The molecule has 9 heteroatoms. The number of fused-ring (bicyclic) bond motifs is 3. The van der Waals surface area contributed by atoms with Crippen molar-refractivity contribution in [2.75, 3.05) is 38.1 Å². The Kier molecular flexibility index (Phi) is 5.34. The van der Waals surface area contributed by atoms with Gasteiger partial charge in [-0.3, -0.25) is 19.5 Å². The lowest BCUT2D eigenvalue weighted by atomic mass is 10.1. The third-order valence-corrected chi connectivity index (χ3v) is 6.47. The molecule has 8 nitrogen and oxygen atoms in total. The summed E-state index contributed by atoms with van der Waals surface area (Å²) in [6.07, 6.45) is 5.90. The van der Waals surface area contributed by atoms with Gasteiger partial charge in [-0.1, -0.05) is 0 Å². The zero-order chi connectivity index (χ0) is 22.2. The molecule has 3 aromatic heterocycles. The van der Waals surface area contributed by atoms with Crippen LogP contribution in [-0.2, 0) is 19.4 Å². The fourth-order valence-corrected chi connectivity index (χ4v) is 4.68. The van der Waals surface area contributed by atoms with Crippen molar-refractivity contribution in [3.8, 4) is 0 Å². The zero-order valence-corrected chi connectivity index (χ0v) is 17.9. The first-order chi connectivity index (χ1) is 15.5. The van der Waals surface area contributed by atoms with Crippen molar-refractivity contribution in [3.05, 3.63) is 63.2 Å². The Morgan fingerprint density at radius 1 is 1.12 bits per heavy atom. The SMILES string of the molecule is CNC(=O)c1ccc(N2CCN(Cc3ncc4c5c(c(=O)[nH]c4c3F)CCC5)CC2)cn1. The number of carbonyl (C=O) groups is 1. The summed E-state index contributed by atoms with van der Waals surface area (Å²) in [5.41, 5.74) is 3.53. The molecule has 0 aromatic carbocycles. The summed E-state index contributed by atoms with van der Waals surface area (Å²) in [5, 5.41) is 3.29. The number of H-pyrrole nitrogens is 1. The molecule has 2 aliphatic rings. The maximum absolute atomic E-state index is 15.2. The van der Waals surface area contributed by atoms with Gasteiger partial charge in [-0.15, -0.1) is 0 Å². The highest BCUT2D eigenvalue weighted by Crippen LogP contribution is 2.28. The molecular formula is C23H25FN6O2. The summed E-state index contributed by atoms with van der Waals surface area (Å²) in [4.78, 5) is 39.7. The van der Waals surface area contributed by atoms with Gasteiger partial charge in [0.15, 0.2) is 5.82 Å². The van der Waals surface area contributed by atoms with E-state index in [-0.39, 0.29) is 17.0 Å². The molecule has 0 atom stereocenters. The first-order valence-corrected chi connectivity index (χ1v) is 10.9. The fourth-order valence-electron chi connectivity index (χ4n) is 4.68. The molecule has 1 fully saturated rings. The lowest BCUT2D eigenvalue weighted by molar-refractivity contribution is 0.0958. The monoisotopic (exact) mass is 436 g/mol. The predicted molar refractivity (Wildman–Crippen MR) is 119 cm³/mol. The van der Waals surface area contributed by atoms with Crippen molar-refractivity contribution < 1.29 is 9.18 Å². The van der Waals surface area contributed by atoms with Crippen molar-refractivity contribution >= 4 is 22.5 Å². The molecule has 1 saturated heterocycles. The van der Waals surface area contributed by atoms with Crippen molar-refractivity contribution in [1.82, 2.24) is 25.2 Å². The van der Waals surface area contributed by atoms with E-state index in [0.717, 1.165) is 67.6 Å². The summed E-state index contributed by atoms with van der Waals surface area (Å²) in [7, 11) is 1.58. The van der Waals surface area contributed by atoms with Crippen molar-refractivity contribution in [1.29, 1.82) is 0 Å². The molecular weight excluding hydrogens is 411 g/mol. The van der Waals surface area contributed by atoms with Crippen LogP contribution in [0.5, 0.6) is 0 Å². The maximum atomic E-state index is 15.2. The van der Waals surface area contributed by atoms with E-state index in [9.17, 15) is 9.59 Å². The number of nitrogens with zero attached hydrogens (tertiary/aromatic N) is 4. The van der Waals surface area contributed by atoms with E-state index < -0.39 is 5.82 Å². The largest absolute Gasteiger partial charge is 0.368 e. The van der Waals surface area contributed by atoms with Gasteiger partial charge in [0.1, 0.15) is 5.69 Å². The number of halogens is 1. The van der Waals surface area contributed by atoms with Gasteiger partial charge < -0.3 is 15.2 Å². The lowest BCUT2D eigenvalue weighted by Gasteiger charge is -2.35. The molecule has 2 N–H and O–H groups in total. The fraction of sp³-hybridized carbons (Fsp3) is 0.391. The molecule has 166 valence electrons. The molecule has 0 bridgehead atoms. The summed E-state index contributed by atoms with van der Waals surface area (Å²) >= 11 is 0. The first kappa shape index (κ1) is 20.6. The van der Waals surface area contributed by atoms with E-state index in [1.54, 1.807) is 25.5 Å². The normalized spacial score (nSPS) is 16.4. The Balaban J connectivity index is 1.28. The highest BCUT2D eigenvalue weighted by Gasteiger charge is 2.23. The number of amides is 1.